The molecule has 1 saturated carbocycles. The van der Waals surface area contributed by atoms with E-state index in [-0.39, 0.29) is 0 Å². The van der Waals surface area contributed by atoms with E-state index in [1.165, 1.54) is 25.7 Å². The first kappa shape index (κ1) is 14.2. The van der Waals surface area contributed by atoms with Crippen LogP contribution in [0.4, 0.5) is 5.82 Å². The lowest BCUT2D eigenvalue weighted by molar-refractivity contribution is 0.216. The number of aromatic nitrogens is 1. The molecule has 0 aliphatic heterocycles. The van der Waals surface area contributed by atoms with Crippen molar-refractivity contribution < 1.29 is 4.74 Å². The molecule has 0 aromatic carbocycles. The van der Waals surface area contributed by atoms with Gasteiger partial charge in [-0.1, -0.05) is 33.6 Å². The van der Waals surface area contributed by atoms with Crippen LogP contribution < -0.4 is 10.1 Å². The first-order valence-corrected chi connectivity index (χ1v) is 7.48. The molecule has 1 N–H and O–H groups in total. The number of hydrogen-bond donors (Lipinski definition) is 1. The van der Waals surface area contributed by atoms with Crippen molar-refractivity contribution in [1.29, 1.82) is 0 Å². The fraction of sp³-hybridized carbons (Fsp3) is 0.688. The number of anilines is 1. The smallest absolute Gasteiger partial charge is 0.168 e. The van der Waals surface area contributed by atoms with Crippen LogP contribution in [0.5, 0.6) is 5.75 Å². The van der Waals surface area contributed by atoms with Crippen molar-refractivity contribution in [3.8, 4) is 5.75 Å². The highest BCUT2D eigenvalue weighted by atomic mass is 16.5. The lowest BCUT2D eigenvalue weighted by Gasteiger charge is -2.39. The van der Waals surface area contributed by atoms with Gasteiger partial charge in [-0.2, -0.15) is 0 Å². The molecule has 3 nitrogen and oxygen atoms in total. The number of hydrogen-bond acceptors (Lipinski definition) is 3. The topological polar surface area (TPSA) is 34.1 Å². The molecule has 0 saturated heterocycles. The molecule has 2 rings (SSSR count). The number of nitrogens with one attached hydrogen (secondary N) is 1. The average Bonchev–Trinajstić information content (AvgIpc) is 2.40. The highest BCUT2D eigenvalue weighted by Gasteiger charge is 2.32. The Labute approximate surface area is 116 Å². The third-order valence-corrected chi connectivity index (χ3v) is 4.05. The minimum atomic E-state index is 0.331. The maximum Gasteiger partial charge on any atom is 0.168 e. The molecule has 3 heteroatoms. The van der Waals surface area contributed by atoms with Crippen molar-refractivity contribution in [2.45, 2.75) is 58.9 Å². The van der Waals surface area contributed by atoms with E-state index < -0.39 is 0 Å². The largest absolute Gasteiger partial charge is 0.490 e. The van der Waals surface area contributed by atoms with E-state index >= 15 is 0 Å². The van der Waals surface area contributed by atoms with Gasteiger partial charge in [0.05, 0.1) is 6.61 Å². The van der Waals surface area contributed by atoms with Gasteiger partial charge in [0.25, 0.3) is 0 Å². The Morgan fingerprint density at radius 3 is 3.00 bits per heavy atom. The predicted octanol–water partition coefficient (Wildman–Crippen LogP) is 4.25. The van der Waals surface area contributed by atoms with Gasteiger partial charge < -0.3 is 10.1 Å². The van der Waals surface area contributed by atoms with E-state index in [1.807, 2.05) is 18.3 Å². The molecule has 1 aliphatic rings. The lowest BCUT2D eigenvalue weighted by atomic mass is 9.73. The molecule has 1 aromatic rings. The standard InChI is InChI=1S/C16H26N2O/c1-4-12-19-13-8-7-11-17-15(13)18-14-9-5-6-10-16(14,2)3/h7-8,11,14H,4-6,9-10,12H2,1-3H3,(H,17,18). The molecule has 0 radical (unpaired) electrons. The maximum atomic E-state index is 5.77. The van der Waals surface area contributed by atoms with Crippen molar-refractivity contribution in [3.63, 3.8) is 0 Å². The average molecular weight is 262 g/mol. The fourth-order valence-electron chi connectivity index (χ4n) is 2.75. The molecule has 0 bridgehead atoms. The summed E-state index contributed by atoms with van der Waals surface area (Å²) in [5, 5.41) is 3.61. The van der Waals surface area contributed by atoms with Gasteiger partial charge in [0, 0.05) is 12.2 Å². The van der Waals surface area contributed by atoms with E-state index in [2.05, 4.69) is 31.1 Å². The molecule has 0 spiro atoms. The van der Waals surface area contributed by atoms with E-state index in [1.54, 1.807) is 0 Å². The van der Waals surface area contributed by atoms with Crippen LogP contribution in [0.15, 0.2) is 18.3 Å². The zero-order valence-corrected chi connectivity index (χ0v) is 12.4. The molecule has 106 valence electrons. The molecular formula is C16H26N2O. The summed E-state index contributed by atoms with van der Waals surface area (Å²) in [4.78, 5) is 4.46. The summed E-state index contributed by atoms with van der Waals surface area (Å²) >= 11 is 0. The van der Waals surface area contributed by atoms with E-state index in [0.717, 1.165) is 24.6 Å². The summed E-state index contributed by atoms with van der Waals surface area (Å²) < 4.78 is 5.77. The zero-order chi connectivity index (χ0) is 13.7. The summed E-state index contributed by atoms with van der Waals surface area (Å²) in [7, 11) is 0. The zero-order valence-electron chi connectivity index (χ0n) is 12.4. The lowest BCUT2D eigenvalue weighted by Crippen LogP contribution is -2.39. The third kappa shape index (κ3) is 3.62. The van der Waals surface area contributed by atoms with Gasteiger partial charge in [0.15, 0.2) is 11.6 Å². The molecule has 1 unspecified atom stereocenters. The van der Waals surface area contributed by atoms with E-state index in [9.17, 15) is 0 Å². The van der Waals surface area contributed by atoms with Crippen molar-refractivity contribution in [1.82, 2.24) is 4.98 Å². The molecule has 1 atom stereocenters. The summed E-state index contributed by atoms with van der Waals surface area (Å²) in [6.07, 6.45) is 7.99. The van der Waals surface area contributed by atoms with Crippen molar-refractivity contribution in [3.05, 3.63) is 18.3 Å². The van der Waals surface area contributed by atoms with Crippen LogP contribution in [0.1, 0.15) is 52.9 Å². The Morgan fingerprint density at radius 1 is 1.42 bits per heavy atom. The SMILES string of the molecule is CCCOc1cccnc1NC1CCCCC1(C)C. The van der Waals surface area contributed by atoms with Crippen molar-refractivity contribution >= 4 is 5.82 Å². The summed E-state index contributed by atoms with van der Waals surface area (Å²) in [5.41, 5.74) is 0.331. The van der Waals surface area contributed by atoms with Gasteiger partial charge in [-0.3, -0.25) is 0 Å². The number of pyridine rings is 1. The maximum absolute atomic E-state index is 5.77. The third-order valence-electron chi connectivity index (χ3n) is 4.05. The van der Waals surface area contributed by atoms with E-state index in [0.29, 0.717) is 11.5 Å². The van der Waals surface area contributed by atoms with Gasteiger partial charge in [-0.05, 0) is 36.8 Å². The summed E-state index contributed by atoms with van der Waals surface area (Å²) in [6.45, 7) is 7.56. The molecule has 1 fully saturated rings. The molecule has 1 heterocycles. The minimum absolute atomic E-state index is 0.331. The highest BCUT2D eigenvalue weighted by Crippen LogP contribution is 2.38. The number of nitrogens with zero attached hydrogens (tertiary/aromatic N) is 1. The Balaban J connectivity index is 2.09. The van der Waals surface area contributed by atoms with Crippen LogP contribution in [0.2, 0.25) is 0 Å². The highest BCUT2D eigenvalue weighted by molar-refractivity contribution is 5.50. The van der Waals surface area contributed by atoms with Gasteiger partial charge in [0.1, 0.15) is 0 Å². The molecule has 0 amide bonds. The van der Waals surface area contributed by atoms with E-state index in [4.69, 9.17) is 4.74 Å². The normalized spacial score (nSPS) is 21.9. The van der Waals surface area contributed by atoms with Crippen molar-refractivity contribution in [2.24, 2.45) is 5.41 Å². The monoisotopic (exact) mass is 262 g/mol. The van der Waals surface area contributed by atoms with Crippen LogP contribution >= 0.6 is 0 Å². The Hall–Kier alpha value is -1.25. The van der Waals surface area contributed by atoms with Crippen LogP contribution in [0.25, 0.3) is 0 Å². The molecular weight excluding hydrogens is 236 g/mol. The van der Waals surface area contributed by atoms with Gasteiger partial charge in [0.2, 0.25) is 0 Å². The quantitative estimate of drug-likeness (QED) is 0.861. The van der Waals surface area contributed by atoms with Crippen LogP contribution in [0.3, 0.4) is 0 Å². The Kier molecular flexibility index (Phi) is 4.67. The second kappa shape index (κ2) is 6.27. The summed E-state index contributed by atoms with van der Waals surface area (Å²) in [5.74, 6) is 1.78. The second-order valence-electron chi connectivity index (χ2n) is 6.13. The molecule has 1 aliphatic carbocycles. The first-order chi connectivity index (χ1) is 9.13. The fourth-order valence-corrected chi connectivity index (χ4v) is 2.75. The van der Waals surface area contributed by atoms with Crippen LogP contribution in [-0.4, -0.2) is 17.6 Å². The minimum Gasteiger partial charge on any atom is -0.490 e. The van der Waals surface area contributed by atoms with Crippen LogP contribution in [-0.2, 0) is 0 Å². The first-order valence-electron chi connectivity index (χ1n) is 7.48. The summed E-state index contributed by atoms with van der Waals surface area (Å²) in [6, 6.07) is 4.42. The Morgan fingerprint density at radius 2 is 2.26 bits per heavy atom. The predicted molar refractivity (Wildman–Crippen MR) is 79.7 cm³/mol. The van der Waals surface area contributed by atoms with Gasteiger partial charge >= 0.3 is 0 Å². The Bertz CT molecular complexity index is 403. The number of ether oxygens (including phenoxy) is 1. The second-order valence-corrected chi connectivity index (χ2v) is 6.13. The van der Waals surface area contributed by atoms with Crippen molar-refractivity contribution in [2.75, 3.05) is 11.9 Å². The van der Waals surface area contributed by atoms with Gasteiger partial charge in [-0.25, -0.2) is 4.98 Å². The number of rotatable bonds is 5. The van der Waals surface area contributed by atoms with Crippen LogP contribution in [0, 0.1) is 5.41 Å². The molecule has 1 aromatic heterocycles. The molecule has 19 heavy (non-hydrogen) atoms. The van der Waals surface area contributed by atoms with Gasteiger partial charge in [-0.15, -0.1) is 0 Å².